The number of piperazine rings is 1. The molecular weight excluding hydrogens is 190 g/mol. The average molecular weight is 213 g/mol. The van der Waals surface area contributed by atoms with Crippen LogP contribution in [-0.4, -0.2) is 62.0 Å². The third-order valence-electron chi connectivity index (χ3n) is 2.82. The van der Waals surface area contributed by atoms with Crippen molar-refractivity contribution in [2.75, 3.05) is 40.3 Å². The molecule has 1 aliphatic rings. The van der Waals surface area contributed by atoms with Crippen LogP contribution in [0.3, 0.4) is 0 Å². The maximum Gasteiger partial charge on any atom is 0.236 e. The van der Waals surface area contributed by atoms with E-state index < -0.39 is 0 Å². The normalized spacial score (nSPS) is 23.9. The highest BCUT2D eigenvalue weighted by Gasteiger charge is 2.29. The topological polar surface area (TPSA) is 35.6 Å². The first-order chi connectivity index (χ1) is 7.04. The van der Waals surface area contributed by atoms with E-state index in [0.717, 1.165) is 19.6 Å². The van der Waals surface area contributed by atoms with Gasteiger partial charge in [-0.3, -0.25) is 9.69 Å². The minimum atomic E-state index is 0.263. The van der Waals surface area contributed by atoms with Crippen LogP contribution >= 0.6 is 0 Å². The highest BCUT2D eigenvalue weighted by molar-refractivity contribution is 5.79. The zero-order valence-electron chi connectivity index (χ0n) is 10.3. The van der Waals surface area contributed by atoms with Crippen LogP contribution in [0.25, 0.3) is 0 Å². The van der Waals surface area contributed by atoms with Gasteiger partial charge < -0.3 is 10.2 Å². The van der Waals surface area contributed by atoms with Crippen molar-refractivity contribution in [3.8, 4) is 0 Å². The van der Waals surface area contributed by atoms with Crippen LogP contribution in [0.15, 0.2) is 0 Å². The molecule has 1 heterocycles. The fraction of sp³-hybridized carbons (Fsp3) is 0.909. The lowest BCUT2D eigenvalue weighted by Gasteiger charge is -2.39. The van der Waals surface area contributed by atoms with Gasteiger partial charge in [-0.05, 0) is 20.0 Å². The molecule has 0 aromatic rings. The Balaban J connectivity index is 2.54. The molecule has 1 unspecified atom stereocenters. The van der Waals surface area contributed by atoms with Crippen LogP contribution in [0.2, 0.25) is 0 Å². The van der Waals surface area contributed by atoms with E-state index in [9.17, 15) is 4.79 Å². The van der Waals surface area contributed by atoms with Gasteiger partial charge in [-0.2, -0.15) is 0 Å². The van der Waals surface area contributed by atoms with Crippen LogP contribution in [0, 0.1) is 5.92 Å². The standard InChI is InChI=1S/C11H23N3O/c1-9(2)6-14-7-10(5-12-3)13(4)8-11(14)15/h9-10,12H,5-8H2,1-4H3. The number of rotatable bonds is 4. The van der Waals surface area contributed by atoms with Gasteiger partial charge in [0.15, 0.2) is 0 Å². The van der Waals surface area contributed by atoms with Crippen molar-refractivity contribution in [1.29, 1.82) is 0 Å². The van der Waals surface area contributed by atoms with Gasteiger partial charge in [0.2, 0.25) is 5.91 Å². The molecule has 4 nitrogen and oxygen atoms in total. The molecule has 1 N–H and O–H groups in total. The van der Waals surface area contributed by atoms with E-state index in [2.05, 4.69) is 24.1 Å². The first kappa shape index (κ1) is 12.5. The quantitative estimate of drug-likeness (QED) is 0.714. The summed E-state index contributed by atoms with van der Waals surface area (Å²) in [6.07, 6.45) is 0. The molecule has 1 atom stereocenters. The summed E-state index contributed by atoms with van der Waals surface area (Å²) < 4.78 is 0. The summed E-state index contributed by atoms with van der Waals surface area (Å²) in [6.45, 7) is 7.54. The van der Waals surface area contributed by atoms with E-state index in [1.807, 2.05) is 19.0 Å². The van der Waals surface area contributed by atoms with Crippen LogP contribution in [0.1, 0.15) is 13.8 Å². The molecule has 0 bridgehead atoms. The average Bonchev–Trinajstić information content (AvgIpc) is 2.12. The maximum atomic E-state index is 11.8. The Morgan fingerprint density at radius 2 is 2.20 bits per heavy atom. The number of likely N-dealkylation sites (N-methyl/N-ethyl adjacent to an activating group) is 2. The molecule has 0 aromatic heterocycles. The van der Waals surface area contributed by atoms with Crippen molar-refractivity contribution in [2.24, 2.45) is 5.92 Å². The maximum absolute atomic E-state index is 11.8. The molecule has 0 aromatic carbocycles. The second-order valence-electron chi connectivity index (χ2n) is 4.82. The van der Waals surface area contributed by atoms with Crippen LogP contribution in [0.5, 0.6) is 0 Å². The van der Waals surface area contributed by atoms with Crippen molar-refractivity contribution in [2.45, 2.75) is 19.9 Å². The lowest BCUT2D eigenvalue weighted by Crippen LogP contribution is -2.57. The van der Waals surface area contributed by atoms with E-state index in [4.69, 9.17) is 0 Å². The second kappa shape index (κ2) is 5.47. The van der Waals surface area contributed by atoms with E-state index in [1.165, 1.54) is 0 Å². The fourth-order valence-electron chi connectivity index (χ4n) is 2.01. The summed E-state index contributed by atoms with van der Waals surface area (Å²) in [7, 11) is 3.98. The summed E-state index contributed by atoms with van der Waals surface area (Å²) >= 11 is 0. The van der Waals surface area contributed by atoms with E-state index in [-0.39, 0.29) is 5.91 Å². The molecule has 15 heavy (non-hydrogen) atoms. The minimum absolute atomic E-state index is 0.263. The van der Waals surface area contributed by atoms with Crippen molar-refractivity contribution in [1.82, 2.24) is 15.1 Å². The van der Waals surface area contributed by atoms with Crippen molar-refractivity contribution >= 4 is 5.91 Å². The zero-order valence-corrected chi connectivity index (χ0v) is 10.3. The number of hydrogen-bond acceptors (Lipinski definition) is 3. The Hall–Kier alpha value is -0.610. The first-order valence-corrected chi connectivity index (χ1v) is 5.67. The predicted molar refractivity (Wildman–Crippen MR) is 61.8 cm³/mol. The zero-order chi connectivity index (χ0) is 11.4. The Labute approximate surface area is 92.6 Å². The number of nitrogens with one attached hydrogen (secondary N) is 1. The number of nitrogens with zero attached hydrogens (tertiary/aromatic N) is 2. The van der Waals surface area contributed by atoms with Gasteiger partial charge in [0.05, 0.1) is 6.54 Å². The molecule has 0 spiro atoms. The summed E-state index contributed by atoms with van der Waals surface area (Å²) in [5.41, 5.74) is 0. The third-order valence-corrected chi connectivity index (χ3v) is 2.82. The SMILES string of the molecule is CNCC1CN(CC(C)C)C(=O)CN1C. The van der Waals surface area contributed by atoms with E-state index in [0.29, 0.717) is 18.5 Å². The first-order valence-electron chi connectivity index (χ1n) is 5.67. The minimum Gasteiger partial charge on any atom is -0.340 e. The second-order valence-corrected chi connectivity index (χ2v) is 4.82. The highest BCUT2D eigenvalue weighted by Crippen LogP contribution is 2.10. The van der Waals surface area contributed by atoms with Gasteiger partial charge in [-0.1, -0.05) is 13.8 Å². The molecule has 1 amide bonds. The molecule has 0 saturated carbocycles. The van der Waals surface area contributed by atoms with Gasteiger partial charge in [-0.25, -0.2) is 0 Å². The predicted octanol–water partition coefficient (Wildman–Crippen LogP) is 0.00440. The Bertz CT molecular complexity index is 218. The number of carbonyl (C=O) groups excluding carboxylic acids is 1. The summed E-state index contributed by atoms with van der Waals surface area (Å²) in [4.78, 5) is 15.9. The third kappa shape index (κ3) is 3.47. The Morgan fingerprint density at radius 3 is 2.73 bits per heavy atom. The summed E-state index contributed by atoms with van der Waals surface area (Å²) in [5.74, 6) is 0.811. The summed E-state index contributed by atoms with van der Waals surface area (Å²) in [5, 5.41) is 3.18. The van der Waals surface area contributed by atoms with Crippen LogP contribution in [-0.2, 0) is 4.79 Å². The molecule has 1 saturated heterocycles. The largest absolute Gasteiger partial charge is 0.340 e. The molecular formula is C11H23N3O. The van der Waals surface area contributed by atoms with Gasteiger partial charge in [0.25, 0.3) is 0 Å². The van der Waals surface area contributed by atoms with E-state index >= 15 is 0 Å². The molecule has 4 heteroatoms. The summed E-state index contributed by atoms with van der Waals surface area (Å²) in [6, 6.07) is 0.450. The van der Waals surface area contributed by atoms with Crippen LogP contribution in [0.4, 0.5) is 0 Å². The molecule has 88 valence electrons. The van der Waals surface area contributed by atoms with Gasteiger partial charge in [0, 0.05) is 25.7 Å². The fourth-order valence-corrected chi connectivity index (χ4v) is 2.01. The Morgan fingerprint density at radius 1 is 1.53 bits per heavy atom. The number of hydrogen-bond donors (Lipinski definition) is 1. The lowest BCUT2D eigenvalue weighted by atomic mass is 10.1. The molecule has 1 rings (SSSR count). The monoisotopic (exact) mass is 213 g/mol. The lowest BCUT2D eigenvalue weighted by molar-refractivity contribution is -0.138. The van der Waals surface area contributed by atoms with Crippen molar-refractivity contribution < 1.29 is 4.79 Å². The van der Waals surface area contributed by atoms with Crippen molar-refractivity contribution in [3.63, 3.8) is 0 Å². The Kier molecular flexibility index (Phi) is 4.54. The smallest absolute Gasteiger partial charge is 0.236 e. The molecule has 1 aliphatic heterocycles. The number of carbonyl (C=O) groups is 1. The highest BCUT2D eigenvalue weighted by atomic mass is 16.2. The molecule has 0 aliphatic carbocycles. The molecule has 1 fully saturated rings. The van der Waals surface area contributed by atoms with E-state index in [1.54, 1.807) is 0 Å². The van der Waals surface area contributed by atoms with Gasteiger partial charge >= 0.3 is 0 Å². The molecule has 0 radical (unpaired) electrons. The van der Waals surface area contributed by atoms with Crippen LogP contribution < -0.4 is 5.32 Å². The van der Waals surface area contributed by atoms with Gasteiger partial charge in [-0.15, -0.1) is 0 Å². The van der Waals surface area contributed by atoms with Crippen molar-refractivity contribution in [3.05, 3.63) is 0 Å². The van der Waals surface area contributed by atoms with Gasteiger partial charge in [0.1, 0.15) is 0 Å². The number of amides is 1.